The molecule has 2 aliphatic rings. The monoisotopic (exact) mass is 376 g/mol. The molecule has 2 heterocycles. The zero-order chi connectivity index (χ0) is 18.6. The van der Waals surface area contributed by atoms with Crippen LogP contribution >= 0.6 is 0 Å². The molecule has 1 amide bonds. The smallest absolute Gasteiger partial charge is 0.260 e. The molecule has 3 aromatic carbocycles. The molecule has 0 aromatic heterocycles. The van der Waals surface area contributed by atoms with Crippen molar-refractivity contribution in [2.24, 2.45) is 0 Å². The summed E-state index contributed by atoms with van der Waals surface area (Å²) >= 11 is 0. The first-order valence-corrected chi connectivity index (χ1v) is 10.1. The Morgan fingerprint density at radius 1 is 0.815 bits per heavy atom. The summed E-state index contributed by atoms with van der Waals surface area (Å²) < 4.78 is 28.3. The van der Waals surface area contributed by atoms with Crippen LogP contribution in [0, 0.1) is 0 Å². The zero-order valence-corrected chi connectivity index (χ0v) is 15.1. The summed E-state index contributed by atoms with van der Waals surface area (Å²) in [6, 6.07) is 23.4. The van der Waals surface area contributed by atoms with Gasteiger partial charge in [-0.1, -0.05) is 60.7 Å². The normalized spacial score (nSPS) is 20.1. The Morgan fingerprint density at radius 3 is 2.30 bits per heavy atom. The lowest BCUT2D eigenvalue weighted by atomic mass is 10.1. The third-order valence-electron chi connectivity index (χ3n) is 5.10. The largest absolute Gasteiger partial charge is 0.285 e. The van der Waals surface area contributed by atoms with Gasteiger partial charge < -0.3 is 0 Å². The van der Waals surface area contributed by atoms with E-state index >= 15 is 0 Å². The van der Waals surface area contributed by atoms with Crippen LogP contribution in [0.4, 0.5) is 5.69 Å². The van der Waals surface area contributed by atoms with Gasteiger partial charge in [0, 0.05) is 17.7 Å². The van der Waals surface area contributed by atoms with E-state index in [1.807, 2.05) is 42.5 Å². The van der Waals surface area contributed by atoms with Crippen molar-refractivity contribution in [3.8, 4) is 0 Å². The third kappa shape index (κ3) is 2.27. The van der Waals surface area contributed by atoms with E-state index in [1.54, 1.807) is 41.3 Å². The van der Waals surface area contributed by atoms with Gasteiger partial charge >= 0.3 is 0 Å². The van der Waals surface area contributed by atoms with Gasteiger partial charge in [0.15, 0.2) is 0 Å². The number of fused-ring (bicyclic) bond motifs is 5. The number of anilines is 1. The summed E-state index contributed by atoms with van der Waals surface area (Å²) in [5.41, 5.74) is 2.58. The number of carbonyl (C=O) groups is 1. The third-order valence-corrected chi connectivity index (χ3v) is 6.95. The van der Waals surface area contributed by atoms with Gasteiger partial charge in [-0.3, -0.25) is 9.69 Å². The summed E-state index contributed by atoms with van der Waals surface area (Å²) in [7, 11) is -3.76. The second kappa shape index (κ2) is 5.77. The van der Waals surface area contributed by atoms with Crippen LogP contribution in [0.2, 0.25) is 0 Å². The van der Waals surface area contributed by atoms with Crippen LogP contribution in [0.15, 0.2) is 83.8 Å². The predicted molar refractivity (Wildman–Crippen MR) is 102 cm³/mol. The molecule has 0 fully saturated rings. The average Bonchev–Trinajstić information content (AvgIpc) is 2.99. The van der Waals surface area contributed by atoms with Gasteiger partial charge in [-0.05, 0) is 23.8 Å². The van der Waals surface area contributed by atoms with Crippen molar-refractivity contribution in [3.63, 3.8) is 0 Å². The first-order valence-electron chi connectivity index (χ1n) is 8.66. The highest BCUT2D eigenvalue weighted by molar-refractivity contribution is 7.89. The Hall–Kier alpha value is -2.96. The van der Waals surface area contributed by atoms with Gasteiger partial charge in [-0.25, -0.2) is 8.42 Å². The highest BCUT2D eigenvalue weighted by Gasteiger charge is 2.50. The molecule has 2 aliphatic heterocycles. The lowest BCUT2D eigenvalue weighted by Gasteiger charge is -2.40. The lowest BCUT2D eigenvalue weighted by Crippen LogP contribution is -2.47. The molecule has 0 radical (unpaired) electrons. The molecular formula is C21H16N2O3S. The highest BCUT2D eigenvalue weighted by atomic mass is 32.2. The molecule has 0 bridgehead atoms. The quantitative estimate of drug-likeness (QED) is 0.687. The molecule has 0 saturated carbocycles. The minimum atomic E-state index is -3.76. The van der Waals surface area contributed by atoms with Crippen LogP contribution < -0.4 is 4.90 Å². The lowest BCUT2D eigenvalue weighted by molar-refractivity contribution is 0.0975. The molecule has 0 saturated heterocycles. The highest BCUT2D eigenvalue weighted by Crippen LogP contribution is 2.48. The molecule has 5 nitrogen and oxygen atoms in total. The summed E-state index contributed by atoms with van der Waals surface area (Å²) in [5, 5.41) is 0. The van der Waals surface area contributed by atoms with Crippen molar-refractivity contribution in [1.29, 1.82) is 0 Å². The number of sulfonamides is 1. The number of benzene rings is 3. The molecule has 134 valence electrons. The van der Waals surface area contributed by atoms with E-state index in [9.17, 15) is 13.2 Å². The average molecular weight is 376 g/mol. The second-order valence-corrected chi connectivity index (χ2v) is 8.50. The summed E-state index contributed by atoms with van der Waals surface area (Å²) in [5.74, 6) is -0.170. The summed E-state index contributed by atoms with van der Waals surface area (Å²) in [4.78, 5) is 14.9. The van der Waals surface area contributed by atoms with Gasteiger partial charge in [0.2, 0.25) is 10.0 Å². The Morgan fingerprint density at radius 2 is 1.48 bits per heavy atom. The Bertz CT molecular complexity index is 1160. The maximum Gasteiger partial charge on any atom is 0.260 e. The van der Waals surface area contributed by atoms with Gasteiger partial charge in [0.05, 0.1) is 5.69 Å². The van der Waals surface area contributed by atoms with Crippen LogP contribution in [0.5, 0.6) is 0 Å². The Labute approximate surface area is 157 Å². The van der Waals surface area contributed by atoms with Crippen LogP contribution in [-0.4, -0.2) is 18.6 Å². The van der Waals surface area contributed by atoms with E-state index in [2.05, 4.69) is 0 Å². The van der Waals surface area contributed by atoms with E-state index in [1.165, 1.54) is 4.31 Å². The Balaban J connectivity index is 1.76. The number of carbonyl (C=O) groups excluding carboxylic acids is 1. The van der Waals surface area contributed by atoms with Gasteiger partial charge in [0.25, 0.3) is 5.91 Å². The predicted octanol–water partition coefficient (Wildman–Crippen LogP) is 3.55. The van der Waals surface area contributed by atoms with E-state index in [0.29, 0.717) is 11.3 Å². The number of hydrogen-bond donors (Lipinski definition) is 0. The molecule has 5 rings (SSSR count). The molecular weight excluding hydrogens is 360 g/mol. The second-order valence-electron chi connectivity index (χ2n) is 6.64. The van der Waals surface area contributed by atoms with E-state index in [0.717, 1.165) is 11.1 Å². The van der Waals surface area contributed by atoms with Gasteiger partial charge in [0.1, 0.15) is 11.1 Å². The fourth-order valence-electron chi connectivity index (χ4n) is 3.89. The van der Waals surface area contributed by atoms with E-state index in [4.69, 9.17) is 0 Å². The van der Waals surface area contributed by atoms with E-state index in [-0.39, 0.29) is 17.3 Å². The van der Waals surface area contributed by atoms with E-state index < -0.39 is 16.2 Å². The van der Waals surface area contributed by atoms with Crippen molar-refractivity contribution < 1.29 is 13.2 Å². The molecule has 0 spiro atoms. The van der Waals surface area contributed by atoms with Crippen molar-refractivity contribution in [3.05, 3.63) is 95.6 Å². The number of nitrogens with zero attached hydrogens (tertiary/aromatic N) is 2. The Kier molecular flexibility index (Phi) is 3.47. The number of hydrogen-bond acceptors (Lipinski definition) is 3. The molecule has 0 unspecified atom stereocenters. The fourth-order valence-corrected chi connectivity index (χ4v) is 5.61. The van der Waals surface area contributed by atoms with Crippen molar-refractivity contribution in [2.45, 2.75) is 17.6 Å². The SMILES string of the molecule is O=C1c2ccccc2[C@@H]2N1c1ccccc1S(=O)(=O)N2Cc1ccccc1. The molecule has 1 atom stereocenters. The zero-order valence-electron chi connectivity index (χ0n) is 14.3. The van der Waals surface area contributed by atoms with Crippen LogP contribution in [0.25, 0.3) is 0 Å². The van der Waals surface area contributed by atoms with Crippen LogP contribution in [0.1, 0.15) is 27.7 Å². The minimum Gasteiger partial charge on any atom is -0.285 e. The molecule has 3 aromatic rings. The van der Waals surface area contributed by atoms with Crippen molar-refractivity contribution in [1.82, 2.24) is 4.31 Å². The van der Waals surface area contributed by atoms with Crippen LogP contribution in [-0.2, 0) is 16.6 Å². The first-order chi connectivity index (χ1) is 13.1. The van der Waals surface area contributed by atoms with Gasteiger partial charge in [-0.15, -0.1) is 0 Å². The molecule has 0 aliphatic carbocycles. The minimum absolute atomic E-state index is 0.165. The number of amides is 1. The van der Waals surface area contributed by atoms with Gasteiger partial charge in [-0.2, -0.15) is 4.31 Å². The van der Waals surface area contributed by atoms with Crippen molar-refractivity contribution in [2.75, 3.05) is 4.90 Å². The summed E-state index contributed by atoms with van der Waals surface area (Å²) in [6.07, 6.45) is -0.672. The maximum atomic E-state index is 13.5. The van der Waals surface area contributed by atoms with Crippen LogP contribution in [0.3, 0.4) is 0 Å². The van der Waals surface area contributed by atoms with Crippen molar-refractivity contribution >= 4 is 21.6 Å². The fraction of sp³-hybridized carbons (Fsp3) is 0.0952. The maximum absolute atomic E-state index is 13.5. The molecule has 0 N–H and O–H groups in total. The first kappa shape index (κ1) is 16.2. The number of para-hydroxylation sites is 1. The molecule has 6 heteroatoms. The number of rotatable bonds is 2. The topological polar surface area (TPSA) is 57.7 Å². The standard InChI is InChI=1S/C21H16N2O3S/c24-21-17-11-5-4-10-16(17)20-22(14-15-8-2-1-3-9-15)27(25,26)19-13-7-6-12-18(19)23(20)21/h1-13,20H,14H2/t20-/m0/s1. The summed E-state index contributed by atoms with van der Waals surface area (Å²) in [6.45, 7) is 0.195. The molecule has 27 heavy (non-hydrogen) atoms.